The molecule has 26 heavy (non-hydrogen) atoms. The summed E-state index contributed by atoms with van der Waals surface area (Å²) in [4.78, 5) is 15.8. The molecule has 4 rings (SSSR count). The molecule has 0 aromatic carbocycles. The van der Waals surface area contributed by atoms with Crippen molar-refractivity contribution in [3.8, 4) is 0 Å². The molecule has 140 valence electrons. The van der Waals surface area contributed by atoms with E-state index in [9.17, 15) is 5.11 Å². The van der Waals surface area contributed by atoms with Crippen LogP contribution in [-0.4, -0.2) is 69.6 Å². The van der Waals surface area contributed by atoms with Crippen LogP contribution in [0.5, 0.6) is 0 Å². The van der Waals surface area contributed by atoms with Gasteiger partial charge in [-0.15, -0.1) is 0 Å². The number of rotatable bonds is 4. The first-order valence-electron chi connectivity index (χ1n) is 9.30. The van der Waals surface area contributed by atoms with Crippen molar-refractivity contribution in [2.45, 2.75) is 38.6 Å². The van der Waals surface area contributed by atoms with E-state index in [4.69, 9.17) is 10.1 Å². The summed E-state index contributed by atoms with van der Waals surface area (Å²) in [6.07, 6.45) is 3.39. The Morgan fingerprint density at radius 3 is 2.88 bits per heavy atom. The van der Waals surface area contributed by atoms with Crippen LogP contribution in [0.4, 0.5) is 11.8 Å². The topological polar surface area (TPSA) is 73.6 Å². The first-order chi connectivity index (χ1) is 12.6. The summed E-state index contributed by atoms with van der Waals surface area (Å²) in [6.45, 7) is 4.96. The molecule has 2 aromatic rings. The summed E-state index contributed by atoms with van der Waals surface area (Å²) < 4.78 is 2.12. The molecule has 0 bridgehead atoms. The fourth-order valence-electron chi connectivity index (χ4n) is 3.71. The van der Waals surface area contributed by atoms with Crippen LogP contribution in [0.25, 0.3) is 0 Å². The number of fused-ring (bicyclic) bond motifs is 1. The average Bonchev–Trinajstić information content (AvgIpc) is 3.15. The number of aryl methyl sites for hydroxylation is 1. The number of aromatic nitrogens is 4. The predicted octanol–water partition coefficient (Wildman–Crippen LogP) is 0.716. The van der Waals surface area contributed by atoms with Gasteiger partial charge >= 0.3 is 0 Å². The molecule has 4 heterocycles. The molecule has 1 fully saturated rings. The van der Waals surface area contributed by atoms with Gasteiger partial charge in [0.15, 0.2) is 0 Å². The minimum absolute atomic E-state index is 0.254. The van der Waals surface area contributed by atoms with E-state index in [1.807, 2.05) is 12.3 Å². The minimum Gasteiger partial charge on any atom is -0.391 e. The van der Waals surface area contributed by atoms with Crippen molar-refractivity contribution in [1.29, 1.82) is 0 Å². The van der Waals surface area contributed by atoms with Crippen LogP contribution in [0.2, 0.25) is 0 Å². The zero-order valence-corrected chi connectivity index (χ0v) is 15.5. The second kappa shape index (κ2) is 7.20. The number of β-amino-alcohol motifs (C(OH)–C–C–N with tert-alkyl or cyclic N) is 1. The summed E-state index contributed by atoms with van der Waals surface area (Å²) in [5.41, 5.74) is 2.32. The third-order valence-electron chi connectivity index (χ3n) is 4.94. The van der Waals surface area contributed by atoms with Crippen molar-refractivity contribution >= 4 is 11.8 Å². The molecule has 0 spiro atoms. The van der Waals surface area contributed by atoms with Crippen molar-refractivity contribution < 1.29 is 5.11 Å². The van der Waals surface area contributed by atoms with Gasteiger partial charge < -0.3 is 19.8 Å². The summed E-state index contributed by atoms with van der Waals surface area (Å²) in [7, 11) is 4.12. The van der Waals surface area contributed by atoms with Gasteiger partial charge in [-0.1, -0.05) is 0 Å². The molecule has 0 aliphatic carbocycles. The lowest BCUT2D eigenvalue weighted by atomic mass is 10.3. The second-order valence-corrected chi connectivity index (χ2v) is 7.47. The Balaban J connectivity index is 1.53. The zero-order valence-electron chi connectivity index (χ0n) is 15.5. The van der Waals surface area contributed by atoms with Crippen LogP contribution in [0.15, 0.2) is 18.3 Å². The fourth-order valence-corrected chi connectivity index (χ4v) is 3.71. The molecule has 0 amide bonds. The van der Waals surface area contributed by atoms with E-state index in [-0.39, 0.29) is 6.10 Å². The van der Waals surface area contributed by atoms with E-state index in [1.165, 1.54) is 5.69 Å². The molecule has 2 aromatic heterocycles. The first-order valence-corrected chi connectivity index (χ1v) is 9.30. The van der Waals surface area contributed by atoms with Crippen molar-refractivity contribution in [2.75, 3.05) is 43.5 Å². The van der Waals surface area contributed by atoms with Gasteiger partial charge in [0.2, 0.25) is 5.95 Å². The highest BCUT2D eigenvalue weighted by Gasteiger charge is 2.23. The predicted molar refractivity (Wildman–Crippen MR) is 100 cm³/mol. The standard InChI is InChI=1S/C18H27N7O/c1-22(2)11-14-10-15-12-24(7-3-8-25(15)21-14)18-19-6-4-17(20-18)23-9-5-16(26)13-23/h4,6,10,16,26H,3,5,7-9,11-13H2,1-2H3. The SMILES string of the molecule is CN(C)Cc1cc2n(n1)CCCN(c1nccc(N3CCC(O)C3)n1)C2. The van der Waals surface area contributed by atoms with Crippen LogP contribution in [0.1, 0.15) is 24.2 Å². The second-order valence-electron chi connectivity index (χ2n) is 7.47. The third kappa shape index (κ3) is 3.66. The smallest absolute Gasteiger partial charge is 0.227 e. The Kier molecular flexibility index (Phi) is 4.78. The van der Waals surface area contributed by atoms with E-state index < -0.39 is 0 Å². The van der Waals surface area contributed by atoms with Crippen LogP contribution < -0.4 is 9.80 Å². The lowest BCUT2D eigenvalue weighted by Crippen LogP contribution is -2.27. The number of hydrogen-bond donors (Lipinski definition) is 1. The van der Waals surface area contributed by atoms with Crippen LogP contribution in [0, 0.1) is 0 Å². The van der Waals surface area contributed by atoms with E-state index in [0.29, 0.717) is 6.54 Å². The van der Waals surface area contributed by atoms with Gasteiger partial charge in [-0.25, -0.2) is 4.98 Å². The lowest BCUT2D eigenvalue weighted by Gasteiger charge is -2.22. The summed E-state index contributed by atoms with van der Waals surface area (Å²) in [5, 5.41) is 14.5. The van der Waals surface area contributed by atoms with Gasteiger partial charge in [0.05, 0.1) is 24.0 Å². The van der Waals surface area contributed by atoms with Crippen molar-refractivity contribution in [1.82, 2.24) is 24.6 Å². The largest absolute Gasteiger partial charge is 0.391 e. The maximum absolute atomic E-state index is 9.78. The fraction of sp³-hybridized carbons (Fsp3) is 0.611. The van der Waals surface area contributed by atoms with Gasteiger partial charge in [0.25, 0.3) is 0 Å². The number of aliphatic hydroxyl groups excluding tert-OH is 1. The molecule has 0 radical (unpaired) electrons. The van der Waals surface area contributed by atoms with Gasteiger partial charge in [-0.3, -0.25) is 4.68 Å². The third-order valence-corrected chi connectivity index (χ3v) is 4.94. The Hall–Kier alpha value is -2.19. The highest BCUT2D eigenvalue weighted by Crippen LogP contribution is 2.23. The summed E-state index contributed by atoms with van der Waals surface area (Å²) >= 11 is 0. The normalized spacial score (nSPS) is 20.5. The minimum atomic E-state index is -0.254. The molecule has 2 aliphatic rings. The van der Waals surface area contributed by atoms with E-state index in [2.05, 4.69) is 44.5 Å². The van der Waals surface area contributed by atoms with Crippen molar-refractivity contribution in [2.24, 2.45) is 0 Å². The molecular formula is C18H27N7O. The van der Waals surface area contributed by atoms with Gasteiger partial charge in [0.1, 0.15) is 5.82 Å². The quantitative estimate of drug-likeness (QED) is 0.864. The number of aliphatic hydroxyl groups is 1. The van der Waals surface area contributed by atoms with Gasteiger partial charge in [-0.2, -0.15) is 10.1 Å². The molecule has 1 unspecified atom stereocenters. The van der Waals surface area contributed by atoms with Crippen LogP contribution in [-0.2, 0) is 19.6 Å². The molecule has 8 nitrogen and oxygen atoms in total. The lowest BCUT2D eigenvalue weighted by molar-refractivity contribution is 0.198. The van der Waals surface area contributed by atoms with Crippen molar-refractivity contribution in [3.63, 3.8) is 0 Å². The molecule has 8 heteroatoms. The maximum atomic E-state index is 9.78. The van der Waals surface area contributed by atoms with Crippen LogP contribution >= 0.6 is 0 Å². The molecular weight excluding hydrogens is 330 g/mol. The average molecular weight is 357 g/mol. The van der Waals surface area contributed by atoms with Gasteiger partial charge in [0, 0.05) is 38.9 Å². The number of nitrogens with zero attached hydrogens (tertiary/aromatic N) is 7. The monoisotopic (exact) mass is 357 g/mol. The Morgan fingerprint density at radius 2 is 2.12 bits per heavy atom. The number of hydrogen-bond acceptors (Lipinski definition) is 7. The molecule has 1 atom stereocenters. The Bertz CT molecular complexity index is 760. The van der Waals surface area contributed by atoms with E-state index >= 15 is 0 Å². The zero-order chi connectivity index (χ0) is 18.1. The maximum Gasteiger partial charge on any atom is 0.227 e. The first kappa shape index (κ1) is 17.2. The molecule has 1 N–H and O–H groups in total. The number of anilines is 2. The van der Waals surface area contributed by atoms with Crippen molar-refractivity contribution in [3.05, 3.63) is 29.7 Å². The van der Waals surface area contributed by atoms with Crippen LogP contribution in [0.3, 0.4) is 0 Å². The van der Waals surface area contributed by atoms with E-state index in [1.54, 1.807) is 0 Å². The van der Waals surface area contributed by atoms with E-state index in [0.717, 1.165) is 63.0 Å². The molecule has 0 saturated carbocycles. The highest BCUT2D eigenvalue weighted by molar-refractivity contribution is 5.45. The summed E-state index contributed by atoms with van der Waals surface area (Å²) in [6, 6.07) is 4.12. The highest BCUT2D eigenvalue weighted by atomic mass is 16.3. The summed E-state index contributed by atoms with van der Waals surface area (Å²) in [5.74, 6) is 1.66. The van der Waals surface area contributed by atoms with Gasteiger partial charge in [-0.05, 0) is 39.1 Å². The molecule has 2 aliphatic heterocycles. The Labute approximate surface area is 154 Å². The molecule has 1 saturated heterocycles. The Morgan fingerprint density at radius 1 is 1.23 bits per heavy atom.